The normalized spacial score (nSPS) is 10.2. The van der Waals surface area contributed by atoms with E-state index in [-0.39, 0.29) is 11.5 Å². The summed E-state index contributed by atoms with van der Waals surface area (Å²) in [4.78, 5) is 15.6. The van der Waals surface area contributed by atoms with Gasteiger partial charge in [-0.15, -0.1) is 0 Å². The first-order valence-electron chi connectivity index (χ1n) is 6.87. The van der Waals surface area contributed by atoms with Crippen molar-refractivity contribution >= 4 is 11.7 Å². The molecule has 0 saturated heterocycles. The number of hydrogen-bond acceptors (Lipinski definition) is 2. The maximum atomic E-state index is 12.4. The van der Waals surface area contributed by atoms with Gasteiger partial charge in [0.2, 0.25) is 5.91 Å². The van der Waals surface area contributed by atoms with Crippen LogP contribution in [0.2, 0.25) is 0 Å². The molecular formula is C15H20F2N2O. The molecule has 3 nitrogen and oxygen atoms in total. The zero-order chi connectivity index (χ0) is 14.8. The molecule has 0 bridgehead atoms. The lowest BCUT2D eigenvalue weighted by Crippen LogP contribution is -2.11. The molecule has 0 atom stereocenters. The Morgan fingerprint density at radius 2 is 1.95 bits per heavy atom. The van der Waals surface area contributed by atoms with E-state index in [9.17, 15) is 13.6 Å². The molecule has 1 amide bonds. The average molecular weight is 282 g/mol. The van der Waals surface area contributed by atoms with Crippen LogP contribution in [-0.2, 0) is 4.79 Å². The Hall–Kier alpha value is -1.78. The minimum absolute atomic E-state index is 0.0911. The van der Waals surface area contributed by atoms with Gasteiger partial charge >= 0.3 is 0 Å². The molecule has 1 N–H and O–H groups in total. The zero-order valence-electron chi connectivity index (χ0n) is 11.7. The summed E-state index contributed by atoms with van der Waals surface area (Å²) < 4.78 is 24.8. The number of carbonyl (C=O) groups excluding carboxylic acids is 1. The highest BCUT2D eigenvalue weighted by Crippen LogP contribution is 2.19. The predicted molar refractivity (Wildman–Crippen MR) is 75.5 cm³/mol. The van der Waals surface area contributed by atoms with Crippen LogP contribution in [0.3, 0.4) is 0 Å². The Kier molecular flexibility index (Phi) is 7.47. The van der Waals surface area contributed by atoms with E-state index in [1.807, 2.05) is 0 Å². The van der Waals surface area contributed by atoms with Crippen molar-refractivity contribution in [3.05, 3.63) is 36.0 Å². The molecule has 1 rings (SSSR count). The molecule has 0 fully saturated rings. The van der Waals surface area contributed by atoms with Gasteiger partial charge in [0.05, 0.1) is 0 Å². The molecule has 5 heteroatoms. The number of carbonyl (C=O) groups is 1. The van der Waals surface area contributed by atoms with Crippen LogP contribution in [0.5, 0.6) is 0 Å². The number of anilines is 1. The molecule has 0 aliphatic rings. The van der Waals surface area contributed by atoms with Crippen LogP contribution < -0.4 is 5.32 Å². The highest BCUT2D eigenvalue weighted by Gasteiger charge is 2.05. The van der Waals surface area contributed by atoms with Gasteiger partial charge in [0.25, 0.3) is 6.08 Å². The van der Waals surface area contributed by atoms with Gasteiger partial charge in [-0.2, -0.15) is 8.78 Å². The van der Waals surface area contributed by atoms with Gasteiger partial charge in [0.15, 0.2) is 0 Å². The number of rotatable bonds is 8. The Bertz CT molecular complexity index is 442. The Morgan fingerprint density at radius 3 is 2.55 bits per heavy atom. The van der Waals surface area contributed by atoms with Crippen LogP contribution in [0.15, 0.2) is 36.0 Å². The van der Waals surface area contributed by atoms with Gasteiger partial charge in [-0.05, 0) is 43.4 Å². The second-order valence-electron chi connectivity index (χ2n) is 4.54. The summed E-state index contributed by atoms with van der Waals surface area (Å²) in [7, 11) is 0. The molecule has 0 saturated carbocycles. The van der Waals surface area contributed by atoms with Crippen LogP contribution in [0, 0.1) is 0 Å². The Labute approximate surface area is 118 Å². The molecule has 0 radical (unpaired) electrons. The summed E-state index contributed by atoms with van der Waals surface area (Å²) >= 11 is 0. The van der Waals surface area contributed by atoms with E-state index in [1.165, 1.54) is 0 Å². The average Bonchev–Trinajstić information content (AvgIpc) is 2.43. The van der Waals surface area contributed by atoms with E-state index in [0.29, 0.717) is 37.9 Å². The Balaban J connectivity index is 2.15. The van der Waals surface area contributed by atoms with Crippen LogP contribution in [0.4, 0.5) is 14.6 Å². The number of unbranched alkanes of at least 4 members (excludes halogenated alkanes) is 2. The number of nitrogens with zero attached hydrogens (tertiary/aromatic N) is 1. The first kappa shape index (κ1) is 16.3. The molecule has 1 aromatic heterocycles. The van der Waals surface area contributed by atoms with Crippen molar-refractivity contribution < 1.29 is 13.6 Å². The van der Waals surface area contributed by atoms with Crippen molar-refractivity contribution in [2.45, 2.75) is 45.4 Å². The minimum Gasteiger partial charge on any atom is -0.311 e. The van der Waals surface area contributed by atoms with E-state index in [4.69, 9.17) is 0 Å². The third-order valence-corrected chi connectivity index (χ3v) is 3.01. The molecule has 20 heavy (non-hydrogen) atoms. The van der Waals surface area contributed by atoms with Gasteiger partial charge in [0, 0.05) is 12.6 Å². The first-order chi connectivity index (χ1) is 9.63. The molecule has 0 unspecified atom stereocenters. The fraction of sp³-hybridized carbons (Fsp3) is 0.467. The highest BCUT2D eigenvalue weighted by molar-refractivity contribution is 5.89. The van der Waals surface area contributed by atoms with E-state index in [2.05, 4.69) is 10.3 Å². The number of hydrogen-bond donors (Lipinski definition) is 1. The van der Waals surface area contributed by atoms with Crippen LogP contribution in [0.1, 0.15) is 45.4 Å². The van der Waals surface area contributed by atoms with Gasteiger partial charge < -0.3 is 5.32 Å². The van der Waals surface area contributed by atoms with Crippen molar-refractivity contribution in [3.8, 4) is 0 Å². The molecule has 110 valence electrons. The van der Waals surface area contributed by atoms with Crippen LogP contribution in [-0.4, -0.2) is 10.9 Å². The molecule has 1 heterocycles. The summed E-state index contributed by atoms with van der Waals surface area (Å²) in [5.41, 5.74) is 0.225. The summed E-state index contributed by atoms with van der Waals surface area (Å²) in [5.74, 6) is 0.444. The largest absolute Gasteiger partial charge is 0.311 e. The maximum absolute atomic E-state index is 12.4. The van der Waals surface area contributed by atoms with Crippen molar-refractivity contribution in [1.82, 2.24) is 4.98 Å². The first-order valence-corrected chi connectivity index (χ1v) is 6.87. The van der Waals surface area contributed by atoms with Crippen molar-refractivity contribution in [3.63, 3.8) is 0 Å². The standard InChI is InChI=1S/C15H20F2N2O/c1-2-12(15(16)17)8-4-3-5-10-14(20)19-13-9-6-7-11-18-13/h6-7,9,11H,2-5,8,10H2,1H3,(H,18,19,20). The number of aromatic nitrogens is 1. The maximum Gasteiger partial charge on any atom is 0.269 e. The van der Waals surface area contributed by atoms with Crippen molar-refractivity contribution in [1.29, 1.82) is 0 Å². The smallest absolute Gasteiger partial charge is 0.269 e. The third kappa shape index (κ3) is 6.41. The fourth-order valence-electron chi connectivity index (χ4n) is 1.85. The SMILES string of the molecule is CCC(CCCCCC(=O)Nc1ccccn1)=C(F)F. The van der Waals surface area contributed by atoms with Gasteiger partial charge in [0.1, 0.15) is 5.82 Å². The second-order valence-corrected chi connectivity index (χ2v) is 4.54. The van der Waals surface area contributed by atoms with E-state index in [1.54, 1.807) is 31.3 Å². The quantitative estimate of drug-likeness (QED) is 0.712. The van der Waals surface area contributed by atoms with E-state index >= 15 is 0 Å². The zero-order valence-corrected chi connectivity index (χ0v) is 11.7. The molecule has 0 spiro atoms. The number of allylic oxidation sites excluding steroid dienone is 1. The lowest BCUT2D eigenvalue weighted by atomic mass is 10.1. The molecular weight excluding hydrogens is 262 g/mol. The molecule has 0 aliphatic carbocycles. The molecule has 0 aromatic carbocycles. The second kappa shape index (κ2) is 9.18. The van der Waals surface area contributed by atoms with Gasteiger partial charge in [-0.25, -0.2) is 4.98 Å². The summed E-state index contributed by atoms with van der Waals surface area (Å²) in [6.45, 7) is 1.73. The molecule has 0 aliphatic heterocycles. The monoisotopic (exact) mass is 282 g/mol. The Morgan fingerprint density at radius 1 is 1.20 bits per heavy atom. The predicted octanol–water partition coefficient (Wildman–Crippen LogP) is 4.53. The third-order valence-electron chi connectivity index (χ3n) is 3.01. The topological polar surface area (TPSA) is 42.0 Å². The van der Waals surface area contributed by atoms with Crippen LogP contribution in [0.25, 0.3) is 0 Å². The fourth-order valence-corrected chi connectivity index (χ4v) is 1.85. The summed E-state index contributed by atoms with van der Waals surface area (Å²) in [5, 5.41) is 2.69. The van der Waals surface area contributed by atoms with Crippen molar-refractivity contribution in [2.24, 2.45) is 0 Å². The van der Waals surface area contributed by atoms with E-state index in [0.717, 1.165) is 6.42 Å². The van der Waals surface area contributed by atoms with Gasteiger partial charge in [-0.3, -0.25) is 4.79 Å². The summed E-state index contributed by atoms with van der Waals surface area (Å²) in [6, 6.07) is 5.30. The number of pyridine rings is 1. The lowest BCUT2D eigenvalue weighted by Gasteiger charge is -2.05. The van der Waals surface area contributed by atoms with Crippen molar-refractivity contribution in [2.75, 3.05) is 5.32 Å². The van der Waals surface area contributed by atoms with Crippen LogP contribution >= 0.6 is 0 Å². The summed E-state index contributed by atoms with van der Waals surface area (Å²) in [6.07, 6.45) is 3.41. The lowest BCUT2D eigenvalue weighted by molar-refractivity contribution is -0.116. The number of amides is 1. The van der Waals surface area contributed by atoms with E-state index < -0.39 is 6.08 Å². The number of nitrogens with one attached hydrogen (secondary N) is 1. The highest BCUT2D eigenvalue weighted by atomic mass is 19.3. The molecule has 1 aromatic rings. The minimum atomic E-state index is -1.56. The number of halogens is 2. The van der Waals surface area contributed by atoms with Gasteiger partial charge in [-0.1, -0.05) is 19.4 Å².